The highest BCUT2D eigenvalue weighted by atomic mass is 19.1. The van der Waals surface area contributed by atoms with Gasteiger partial charge in [-0.25, -0.2) is 9.18 Å². The van der Waals surface area contributed by atoms with Gasteiger partial charge < -0.3 is 9.63 Å². The number of carbonyl (C=O) groups is 1. The Bertz CT molecular complexity index is 518. The highest BCUT2D eigenvalue weighted by Gasteiger charge is 2.13. The predicted molar refractivity (Wildman–Crippen MR) is 45.7 cm³/mol. The molecule has 0 aliphatic heterocycles. The summed E-state index contributed by atoms with van der Waals surface area (Å²) >= 11 is 0. The highest BCUT2D eigenvalue weighted by molar-refractivity contribution is 5.94. The second-order valence-corrected chi connectivity index (χ2v) is 2.90. The van der Waals surface area contributed by atoms with Crippen molar-refractivity contribution in [2.45, 2.75) is 6.92 Å². The molecule has 0 aliphatic rings. The van der Waals surface area contributed by atoms with E-state index in [9.17, 15) is 9.18 Å². The molecule has 0 spiro atoms. The SMILES string of the molecule is Cc1onc2c(F)cc(C(=O)O)cc12. The van der Waals surface area contributed by atoms with E-state index in [1.165, 1.54) is 6.07 Å². The second-order valence-electron chi connectivity index (χ2n) is 2.90. The van der Waals surface area contributed by atoms with E-state index >= 15 is 0 Å². The summed E-state index contributed by atoms with van der Waals surface area (Å²) in [6.45, 7) is 1.60. The minimum atomic E-state index is -1.17. The number of halogens is 1. The van der Waals surface area contributed by atoms with Gasteiger partial charge in [0.05, 0.1) is 5.56 Å². The Balaban J connectivity index is 2.82. The molecule has 14 heavy (non-hydrogen) atoms. The first kappa shape index (κ1) is 8.68. The van der Waals surface area contributed by atoms with Crippen LogP contribution in [0.25, 0.3) is 10.9 Å². The van der Waals surface area contributed by atoms with Crippen molar-refractivity contribution in [1.29, 1.82) is 0 Å². The van der Waals surface area contributed by atoms with E-state index in [2.05, 4.69) is 5.16 Å². The van der Waals surface area contributed by atoms with E-state index in [-0.39, 0.29) is 11.1 Å². The van der Waals surface area contributed by atoms with Gasteiger partial charge in [0.25, 0.3) is 0 Å². The third kappa shape index (κ3) is 1.14. The standard InChI is InChI=1S/C9H6FNO3/c1-4-6-2-5(9(12)13)3-7(10)8(6)11-14-4/h2-3H,1H3,(H,12,13). The van der Waals surface area contributed by atoms with Crippen LogP contribution in [0.5, 0.6) is 0 Å². The maximum atomic E-state index is 13.2. The van der Waals surface area contributed by atoms with Crippen LogP contribution in [-0.2, 0) is 0 Å². The number of aromatic carboxylic acids is 1. The van der Waals surface area contributed by atoms with Gasteiger partial charge in [-0.3, -0.25) is 0 Å². The molecule has 0 saturated heterocycles. The van der Waals surface area contributed by atoms with Crippen LogP contribution >= 0.6 is 0 Å². The number of carboxylic acids is 1. The van der Waals surface area contributed by atoms with Crippen LogP contribution in [0, 0.1) is 12.7 Å². The van der Waals surface area contributed by atoms with Gasteiger partial charge in [-0.05, 0) is 19.1 Å². The van der Waals surface area contributed by atoms with Crippen molar-refractivity contribution in [2.75, 3.05) is 0 Å². The molecule has 0 atom stereocenters. The number of aromatic nitrogens is 1. The van der Waals surface area contributed by atoms with Gasteiger partial charge in [0.15, 0.2) is 5.82 Å². The zero-order valence-corrected chi connectivity index (χ0v) is 7.24. The van der Waals surface area contributed by atoms with Crippen molar-refractivity contribution >= 4 is 16.9 Å². The summed E-state index contributed by atoms with van der Waals surface area (Å²) in [5, 5.41) is 12.5. The predicted octanol–water partition coefficient (Wildman–Crippen LogP) is 1.97. The average molecular weight is 195 g/mol. The zero-order chi connectivity index (χ0) is 10.3. The van der Waals surface area contributed by atoms with Gasteiger partial charge in [0.1, 0.15) is 11.3 Å². The summed E-state index contributed by atoms with van der Waals surface area (Å²) in [6.07, 6.45) is 0. The molecular formula is C9H6FNO3. The maximum Gasteiger partial charge on any atom is 0.335 e. The molecule has 4 nitrogen and oxygen atoms in total. The molecular weight excluding hydrogens is 189 g/mol. The van der Waals surface area contributed by atoms with Crippen LogP contribution in [0.4, 0.5) is 4.39 Å². The van der Waals surface area contributed by atoms with Crippen LogP contribution in [0.15, 0.2) is 16.7 Å². The summed E-state index contributed by atoms with van der Waals surface area (Å²) in [6, 6.07) is 2.26. The largest absolute Gasteiger partial charge is 0.478 e. The van der Waals surface area contributed by atoms with E-state index in [1.54, 1.807) is 6.92 Å². The highest BCUT2D eigenvalue weighted by Crippen LogP contribution is 2.22. The quantitative estimate of drug-likeness (QED) is 0.755. The molecule has 1 heterocycles. The molecule has 0 radical (unpaired) electrons. The molecule has 72 valence electrons. The number of benzene rings is 1. The summed E-state index contributed by atoms with van der Waals surface area (Å²) in [5.74, 6) is -1.45. The maximum absolute atomic E-state index is 13.2. The van der Waals surface area contributed by atoms with E-state index in [1.807, 2.05) is 0 Å². The third-order valence-electron chi connectivity index (χ3n) is 1.96. The fraction of sp³-hybridized carbons (Fsp3) is 0.111. The molecule has 5 heteroatoms. The first-order chi connectivity index (χ1) is 6.59. The third-order valence-corrected chi connectivity index (χ3v) is 1.96. The van der Waals surface area contributed by atoms with Gasteiger partial charge in [-0.2, -0.15) is 0 Å². The number of aryl methyl sites for hydroxylation is 1. The van der Waals surface area contributed by atoms with Crippen LogP contribution in [-0.4, -0.2) is 16.2 Å². The molecule has 1 aromatic heterocycles. The number of nitrogens with zero attached hydrogens (tertiary/aromatic N) is 1. The molecule has 1 N–H and O–H groups in total. The van der Waals surface area contributed by atoms with Gasteiger partial charge in [-0.1, -0.05) is 5.16 Å². The smallest absolute Gasteiger partial charge is 0.335 e. The van der Waals surface area contributed by atoms with Crippen LogP contribution in [0.3, 0.4) is 0 Å². The Morgan fingerprint density at radius 1 is 1.57 bits per heavy atom. The number of carboxylic acid groups (broad SMARTS) is 1. The summed E-state index contributed by atoms with van der Waals surface area (Å²) in [4.78, 5) is 10.6. The first-order valence-corrected chi connectivity index (χ1v) is 3.88. The lowest BCUT2D eigenvalue weighted by atomic mass is 10.1. The normalized spacial score (nSPS) is 10.7. The Morgan fingerprint density at radius 2 is 2.29 bits per heavy atom. The Labute approximate surface area is 77.9 Å². The minimum absolute atomic E-state index is 0.0625. The fourth-order valence-corrected chi connectivity index (χ4v) is 1.25. The molecule has 0 fully saturated rings. The molecule has 0 aliphatic carbocycles. The molecule has 2 aromatic rings. The summed E-state index contributed by atoms with van der Waals surface area (Å²) < 4.78 is 18.0. The Morgan fingerprint density at radius 3 is 2.93 bits per heavy atom. The lowest BCUT2D eigenvalue weighted by molar-refractivity contribution is 0.0696. The van der Waals surface area contributed by atoms with Crippen molar-refractivity contribution in [1.82, 2.24) is 5.16 Å². The fourth-order valence-electron chi connectivity index (χ4n) is 1.25. The number of rotatable bonds is 1. The molecule has 0 saturated carbocycles. The van der Waals surface area contributed by atoms with Gasteiger partial charge >= 0.3 is 5.97 Å². The molecule has 1 aromatic carbocycles. The van der Waals surface area contributed by atoms with Crippen molar-refractivity contribution in [3.8, 4) is 0 Å². The number of hydrogen-bond acceptors (Lipinski definition) is 3. The molecule has 0 unspecified atom stereocenters. The molecule has 0 amide bonds. The van der Waals surface area contributed by atoms with Gasteiger partial charge in [-0.15, -0.1) is 0 Å². The first-order valence-electron chi connectivity index (χ1n) is 3.88. The lowest BCUT2D eigenvalue weighted by Gasteiger charge is -1.95. The Kier molecular flexibility index (Phi) is 1.73. The van der Waals surface area contributed by atoms with Gasteiger partial charge in [0.2, 0.25) is 0 Å². The van der Waals surface area contributed by atoms with E-state index in [0.29, 0.717) is 11.1 Å². The minimum Gasteiger partial charge on any atom is -0.478 e. The van der Waals surface area contributed by atoms with E-state index in [0.717, 1.165) is 6.07 Å². The average Bonchev–Trinajstić information content (AvgIpc) is 2.48. The number of fused-ring (bicyclic) bond motifs is 1. The van der Waals surface area contributed by atoms with Gasteiger partial charge in [0, 0.05) is 5.39 Å². The van der Waals surface area contributed by atoms with Crippen molar-refractivity contribution in [3.63, 3.8) is 0 Å². The zero-order valence-electron chi connectivity index (χ0n) is 7.24. The summed E-state index contributed by atoms with van der Waals surface area (Å²) in [7, 11) is 0. The Hall–Kier alpha value is -1.91. The van der Waals surface area contributed by atoms with Crippen LogP contribution in [0.2, 0.25) is 0 Å². The topological polar surface area (TPSA) is 63.3 Å². The second kappa shape index (κ2) is 2.80. The molecule has 2 rings (SSSR count). The van der Waals surface area contributed by atoms with Crippen molar-refractivity contribution < 1.29 is 18.8 Å². The van der Waals surface area contributed by atoms with E-state index in [4.69, 9.17) is 9.63 Å². The number of hydrogen-bond donors (Lipinski definition) is 1. The van der Waals surface area contributed by atoms with Crippen molar-refractivity contribution in [3.05, 3.63) is 29.3 Å². The lowest BCUT2D eigenvalue weighted by Crippen LogP contribution is -1.97. The molecule has 0 bridgehead atoms. The van der Waals surface area contributed by atoms with Crippen molar-refractivity contribution in [2.24, 2.45) is 0 Å². The monoisotopic (exact) mass is 195 g/mol. The van der Waals surface area contributed by atoms with E-state index < -0.39 is 11.8 Å². The summed E-state index contributed by atoms with van der Waals surface area (Å²) in [5.41, 5.74) is -0.0474. The van der Waals surface area contributed by atoms with Crippen LogP contribution in [0.1, 0.15) is 16.1 Å². The van der Waals surface area contributed by atoms with Crippen LogP contribution < -0.4 is 0 Å².